The molecule has 1 heterocycles. The van der Waals surface area contributed by atoms with E-state index in [-0.39, 0.29) is 5.56 Å². The van der Waals surface area contributed by atoms with Crippen LogP contribution in [0.1, 0.15) is 31.1 Å². The fraction of sp³-hybridized carbons (Fsp3) is 0. The van der Waals surface area contributed by atoms with Crippen molar-refractivity contribution in [3.63, 3.8) is 0 Å². The van der Waals surface area contributed by atoms with Crippen molar-refractivity contribution in [2.75, 3.05) is 4.90 Å². The van der Waals surface area contributed by atoms with Crippen molar-refractivity contribution < 1.29 is 19.1 Å². The molecule has 5 nitrogen and oxygen atoms in total. The van der Waals surface area contributed by atoms with E-state index in [1.165, 1.54) is 6.07 Å². The Morgan fingerprint density at radius 1 is 0.815 bits per heavy atom. The Morgan fingerprint density at radius 3 is 2.07 bits per heavy atom. The molecule has 3 aromatic rings. The highest BCUT2D eigenvalue weighted by molar-refractivity contribution is 9.10. The van der Waals surface area contributed by atoms with Crippen molar-refractivity contribution in [3.8, 4) is 5.75 Å². The molecule has 0 aliphatic carbocycles. The first-order valence-corrected chi connectivity index (χ1v) is 8.89. The van der Waals surface area contributed by atoms with Crippen LogP contribution < -0.4 is 9.64 Å². The normalized spacial score (nSPS) is 12.9. The number of fused-ring (bicyclic) bond motifs is 1. The van der Waals surface area contributed by atoms with Crippen molar-refractivity contribution in [2.45, 2.75) is 0 Å². The molecular weight excluding hydrogens is 410 g/mol. The number of imide groups is 1. The van der Waals surface area contributed by atoms with Crippen molar-refractivity contribution in [1.82, 2.24) is 0 Å². The van der Waals surface area contributed by atoms with Gasteiger partial charge in [0.1, 0.15) is 5.75 Å². The maximum atomic E-state index is 12.6. The molecule has 0 aromatic heterocycles. The van der Waals surface area contributed by atoms with Gasteiger partial charge in [-0.1, -0.05) is 34.1 Å². The third-order valence-corrected chi connectivity index (χ3v) is 4.69. The lowest BCUT2D eigenvalue weighted by atomic mass is 10.1. The average molecular weight is 422 g/mol. The number of carbonyl (C=O) groups excluding carboxylic acids is 3. The standard InChI is InChI=1S/C21H12BrNO4/c22-14-8-10-16(11-9-14)27-21(26)13-4-3-5-15(12-13)23-19(24)17-6-1-2-7-18(17)20(23)25/h1-12H. The molecule has 0 fully saturated rings. The molecular formula is C21H12BrNO4. The summed E-state index contributed by atoms with van der Waals surface area (Å²) in [5.41, 5.74) is 1.27. The number of esters is 1. The number of carbonyl (C=O) groups is 3. The number of hydrogen-bond acceptors (Lipinski definition) is 4. The molecule has 4 rings (SSSR count). The van der Waals surface area contributed by atoms with Crippen molar-refractivity contribution >= 4 is 39.4 Å². The zero-order valence-electron chi connectivity index (χ0n) is 13.9. The van der Waals surface area contributed by atoms with Gasteiger partial charge in [0, 0.05) is 4.47 Å². The second kappa shape index (κ2) is 6.81. The zero-order chi connectivity index (χ0) is 19.0. The molecule has 2 amide bonds. The second-order valence-corrected chi connectivity index (χ2v) is 6.80. The minimum Gasteiger partial charge on any atom is -0.423 e. The van der Waals surface area contributed by atoms with Crippen LogP contribution in [0.15, 0.2) is 77.3 Å². The molecule has 0 saturated heterocycles. The van der Waals surface area contributed by atoms with E-state index in [9.17, 15) is 14.4 Å². The van der Waals surface area contributed by atoms with Crippen LogP contribution in [0.3, 0.4) is 0 Å². The molecule has 0 unspecified atom stereocenters. The van der Waals surface area contributed by atoms with Crippen LogP contribution in [0.4, 0.5) is 5.69 Å². The first kappa shape index (κ1) is 17.2. The highest BCUT2D eigenvalue weighted by Crippen LogP contribution is 2.29. The fourth-order valence-electron chi connectivity index (χ4n) is 2.86. The average Bonchev–Trinajstić information content (AvgIpc) is 2.95. The van der Waals surface area contributed by atoms with Gasteiger partial charge in [0.15, 0.2) is 0 Å². The third kappa shape index (κ3) is 3.15. The van der Waals surface area contributed by atoms with Crippen LogP contribution in [0.25, 0.3) is 0 Å². The summed E-state index contributed by atoms with van der Waals surface area (Å²) in [6, 6.07) is 19.8. The van der Waals surface area contributed by atoms with Crippen LogP contribution in [0.5, 0.6) is 5.75 Å². The lowest BCUT2D eigenvalue weighted by Crippen LogP contribution is -2.29. The van der Waals surface area contributed by atoms with Gasteiger partial charge in [0.2, 0.25) is 0 Å². The fourth-order valence-corrected chi connectivity index (χ4v) is 3.13. The number of benzene rings is 3. The van der Waals surface area contributed by atoms with Crippen LogP contribution in [0, 0.1) is 0 Å². The van der Waals surface area contributed by atoms with Crippen LogP contribution in [0.2, 0.25) is 0 Å². The van der Waals surface area contributed by atoms with Crippen LogP contribution >= 0.6 is 15.9 Å². The molecule has 3 aromatic carbocycles. The minimum absolute atomic E-state index is 0.243. The Kier molecular flexibility index (Phi) is 4.33. The molecule has 1 aliphatic heterocycles. The Hall–Kier alpha value is -3.25. The van der Waals surface area contributed by atoms with Gasteiger partial charge < -0.3 is 4.74 Å². The molecule has 27 heavy (non-hydrogen) atoms. The van der Waals surface area contributed by atoms with E-state index in [1.807, 2.05) is 0 Å². The summed E-state index contributed by atoms with van der Waals surface area (Å²) in [6.07, 6.45) is 0. The van der Waals surface area contributed by atoms with Crippen molar-refractivity contribution in [1.29, 1.82) is 0 Å². The van der Waals surface area contributed by atoms with Gasteiger partial charge in [-0.2, -0.15) is 0 Å². The molecule has 0 bridgehead atoms. The number of nitrogens with zero attached hydrogens (tertiary/aromatic N) is 1. The zero-order valence-corrected chi connectivity index (χ0v) is 15.5. The quantitative estimate of drug-likeness (QED) is 0.355. The summed E-state index contributed by atoms with van der Waals surface area (Å²) >= 11 is 3.32. The van der Waals surface area contributed by atoms with Gasteiger partial charge in [-0.05, 0) is 54.6 Å². The topological polar surface area (TPSA) is 63.7 Å². The van der Waals surface area contributed by atoms with Crippen molar-refractivity contribution in [3.05, 3.63) is 94.0 Å². The number of ether oxygens (including phenoxy) is 1. The Morgan fingerprint density at radius 2 is 1.44 bits per heavy atom. The van der Waals surface area contributed by atoms with E-state index in [0.29, 0.717) is 22.6 Å². The SMILES string of the molecule is O=C(Oc1ccc(Br)cc1)c1cccc(N2C(=O)c3ccccc3C2=O)c1. The molecule has 6 heteroatoms. The lowest BCUT2D eigenvalue weighted by molar-refractivity contribution is 0.0733. The maximum absolute atomic E-state index is 12.6. The largest absolute Gasteiger partial charge is 0.423 e. The number of hydrogen-bond donors (Lipinski definition) is 0. The third-order valence-electron chi connectivity index (χ3n) is 4.16. The van der Waals surface area contributed by atoms with E-state index in [2.05, 4.69) is 15.9 Å². The van der Waals surface area contributed by atoms with Gasteiger partial charge in [-0.15, -0.1) is 0 Å². The molecule has 0 spiro atoms. The highest BCUT2D eigenvalue weighted by Gasteiger charge is 2.36. The van der Waals surface area contributed by atoms with Gasteiger partial charge in [-0.3, -0.25) is 9.59 Å². The van der Waals surface area contributed by atoms with E-state index >= 15 is 0 Å². The minimum atomic E-state index is -0.573. The second-order valence-electron chi connectivity index (χ2n) is 5.89. The van der Waals surface area contributed by atoms with Gasteiger partial charge >= 0.3 is 5.97 Å². The summed E-state index contributed by atoms with van der Waals surface area (Å²) in [5.74, 6) is -0.992. The number of rotatable bonds is 3. The van der Waals surface area contributed by atoms with E-state index in [4.69, 9.17) is 4.74 Å². The first-order chi connectivity index (χ1) is 13.0. The molecule has 0 saturated carbocycles. The Labute approximate surface area is 163 Å². The highest BCUT2D eigenvalue weighted by atomic mass is 79.9. The van der Waals surface area contributed by atoms with Crippen molar-refractivity contribution in [2.24, 2.45) is 0 Å². The first-order valence-electron chi connectivity index (χ1n) is 8.10. The van der Waals surface area contributed by atoms with E-state index < -0.39 is 17.8 Å². The van der Waals surface area contributed by atoms with E-state index in [0.717, 1.165) is 9.37 Å². The maximum Gasteiger partial charge on any atom is 0.343 e. The molecule has 132 valence electrons. The summed E-state index contributed by atoms with van der Waals surface area (Å²) in [7, 11) is 0. The summed E-state index contributed by atoms with van der Waals surface area (Å²) in [6.45, 7) is 0. The van der Waals surface area contributed by atoms with Gasteiger partial charge in [0.05, 0.1) is 22.4 Å². The number of amides is 2. The number of anilines is 1. The van der Waals surface area contributed by atoms with Crippen LogP contribution in [-0.4, -0.2) is 17.8 Å². The van der Waals surface area contributed by atoms with Crippen LogP contribution in [-0.2, 0) is 0 Å². The summed E-state index contributed by atoms with van der Waals surface area (Å²) < 4.78 is 6.21. The molecule has 0 atom stereocenters. The van der Waals surface area contributed by atoms with Gasteiger partial charge in [-0.25, -0.2) is 9.69 Å². The summed E-state index contributed by atoms with van der Waals surface area (Å²) in [4.78, 5) is 38.7. The molecule has 0 radical (unpaired) electrons. The summed E-state index contributed by atoms with van der Waals surface area (Å²) in [5, 5.41) is 0. The predicted octanol–water partition coefficient (Wildman–Crippen LogP) is 4.47. The predicted molar refractivity (Wildman–Crippen MR) is 103 cm³/mol. The van der Waals surface area contributed by atoms with E-state index in [1.54, 1.807) is 66.7 Å². The Balaban J connectivity index is 1.62. The molecule has 0 N–H and O–H groups in total. The van der Waals surface area contributed by atoms with Gasteiger partial charge in [0.25, 0.3) is 11.8 Å². The smallest absolute Gasteiger partial charge is 0.343 e. The number of halogens is 1. The monoisotopic (exact) mass is 421 g/mol. The molecule has 1 aliphatic rings. The Bertz CT molecular complexity index is 1040. The lowest BCUT2D eigenvalue weighted by Gasteiger charge is -2.14.